The van der Waals surface area contributed by atoms with Crippen LogP contribution >= 0.6 is 11.3 Å². The first-order valence-corrected chi connectivity index (χ1v) is 8.39. The topological polar surface area (TPSA) is 33.5 Å². The van der Waals surface area contributed by atoms with Crippen LogP contribution in [0.15, 0.2) is 47.8 Å². The van der Waals surface area contributed by atoms with Gasteiger partial charge in [0.2, 0.25) is 0 Å². The summed E-state index contributed by atoms with van der Waals surface area (Å²) in [5, 5.41) is 5.16. The highest BCUT2D eigenvalue weighted by Crippen LogP contribution is 2.23. The smallest absolute Gasteiger partial charge is 0.275 e. The lowest BCUT2D eigenvalue weighted by atomic mass is 10.2. The lowest BCUT2D eigenvalue weighted by Crippen LogP contribution is -3.11. The van der Waals surface area contributed by atoms with E-state index in [4.69, 9.17) is 0 Å². The molecule has 0 bridgehead atoms. The van der Waals surface area contributed by atoms with Gasteiger partial charge in [-0.15, -0.1) is 11.3 Å². The van der Waals surface area contributed by atoms with Gasteiger partial charge in [0.05, 0.1) is 11.4 Å². The number of hydrogen-bond acceptors (Lipinski definition) is 2. The van der Waals surface area contributed by atoms with Crippen LogP contribution in [0.5, 0.6) is 0 Å². The van der Waals surface area contributed by atoms with Crippen molar-refractivity contribution in [1.82, 2.24) is 5.32 Å². The van der Waals surface area contributed by atoms with E-state index in [0.29, 0.717) is 19.1 Å². The fraction of sp³-hybridized carbons (Fsp3) is 0.353. The Hall–Kier alpha value is -1.65. The van der Waals surface area contributed by atoms with Crippen molar-refractivity contribution < 1.29 is 9.69 Å². The summed E-state index contributed by atoms with van der Waals surface area (Å²) in [6.07, 6.45) is 2.41. The third-order valence-corrected chi connectivity index (χ3v) is 5.08. The van der Waals surface area contributed by atoms with E-state index in [2.05, 4.69) is 22.8 Å². The van der Waals surface area contributed by atoms with Crippen LogP contribution in [0.1, 0.15) is 29.3 Å². The normalized spacial score (nSPS) is 21.3. The molecule has 1 saturated heterocycles. The molecule has 0 radical (unpaired) electrons. The Morgan fingerprint density at radius 1 is 1.24 bits per heavy atom. The van der Waals surface area contributed by atoms with Crippen LogP contribution in [0.25, 0.3) is 0 Å². The van der Waals surface area contributed by atoms with Crippen LogP contribution in [-0.2, 0) is 11.3 Å². The van der Waals surface area contributed by atoms with E-state index in [1.165, 1.54) is 22.6 Å². The van der Waals surface area contributed by atoms with Crippen molar-refractivity contribution in [3.8, 4) is 0 Å². The van der Waals surface area contributed by atoms with Crippen LogP contribution in [0.3, 0.4) is 0 Å². The van der Waals surface area contributed by atoms with Crippen molar-refractivity contribution in [3.63, 3.8) is 0 Å². The van der Waals surface area contributed by atoms with Crippen LogP contribution in [-0.4, -0.2) is 19.0 Å². The van der Waals surface area contributed by atoms with Gasteiger partial charge in [-0.05, 0) is 17.0 Å². The van der Waals surface area contributed by atoms with E-state index in [9.17, 15) is 4.79 Å². The summed E-state index contributed by atoms with van der Waals surface area (Å²) in [5.74, 6) is 0.150. The van der Waals surface area contributed by atoms with E-state index in [1.54, 1.807) is 0 Å². The molecule has 1 aliphatic heterocycles. The Morgan fingerprint density at radius 2 is 2.10 bits per heavy atom. The second-order valence-corrected chi connectivity index (χ2v) is 6.54. The zero-order valence-corrected chi connectivity index (χ0v) is 12.9. The number of amides is 1. The molecule has 1 unspecified atom stereocenters. The number of carbonyl (C=O) groups excluding carboxylic acids is 1. The molecule has 3 rings (SSSR count). The van der Waals surface area contributed by atoms with Gasteiger partial charge < -0.3 is 10.2 Å². The van der Waals surface area contributed by atoms with Crippen molar-refractivity contribution in [2.45, 2.75) is 25.4 Å². The number of thiophene rings is 1. The van der Waals surface area contributed by atoms with E-state index in [0.717, 1.165) is 12.1 Å². The first-order valence-electron chi connectivity index (χ1n) is 7.51. The molecule has 0 aliphatic carbocycles. The summed E-state index contributed by atoms with van der Waals surface area (Å²) in [7, 11) is 0. The van der Waals surface area contributed by atoms with Gasteiger partial charge in [-0.1, -0.05) is 36.4 Å². The maximum Gasteiger partial charge on any atom is 0.275 e. The molecule has 21 heavy (non-hydrogen) atoms. The van der Waals surface area contributed by atoms with E-state index in [1.807, 2.05) is 41.7 Å². The molecule has 2 atom stereocenters. The van der Waals surface area contributed by atoms with Crippen LogP contribution in [0.4, 0.5) is 0 Å². The third kappa shape index (κ3) is 3.71. The minimum absolute atomic E-state index is 0.150. The molecule has 1 fully saturated rings. The average Bonchev–Trinajstić information content (AvgIpc) is 3.17. The number of likely N-dealkylation sites (tertiary alicyclic amines) is 1. The summed E-state index contributed by atoms with van der Waals surface area (Å²) in [6.45, 7) is 2.30. The SMILES string of the molecule is O=C(C[NH+]1CCC[C@H]1c1cccs1)NCc1ccccc1. The molecule has 1 amide bonds. The Morgan fingerprint density at radius 3 is 2.86 bits per heavy atom. The fourth-order valence-corrected chi connectivity index (χ4v) is 3.94. The number of quaternary nitrogens is 1. The molecular formula is C17H21N2OS+. The molecule has 4 heteroatoms. The van der Waals surface area contributed by atoms with Crippen LogP contribution in [0.2, 0.25) is 0 Å². The quantitative estimate of drug-likeness (QED) is 0.867. The minimum atomic E-state index is 0.150. The number of benzene rings is 1. The summed E-state index contributed by atoms with van der Waals surface area (Å²) in [6, 6.07) is 14.9. The summed E-state index contributed by atoms with van der Waals surface area (Å²) in [5.41, 5.74) is 1.15. The molecule has 2 heterocycles. The molecule has 110 valence electrons. The van der Waals surface area contributed by atoms with Gasteiger partial charge in [-0.25, -0.2) is 0 Å². The van der Waals surface area contributed by atoms with Gasteiger partial charge in [0.15, 0.2) is 6.54 Å². The largest absolute Gasteiger partial charge is 0.347 e. The van der Waals surface area contributed by atoms with Gasteiger partial charge in [-0.3, -0.25) is 4.79 Å². The second-order valence-electron chi connectivity index (χ2n) is 5.56. The zero-order valence-electron chi connectivity index (χ0n) is 12.0. The Labute approximate surface area is 129 Å². The molecule has 2 N–H and O–H groups in total. The first-order chi connectivity index (χ1) is 10.3. The number of rotatable bonds is 5. The highest BCUT2D eigenvalue weighted by molar-refractivity contribution is 7.10. The second kappa shape index (κ2) is 6.87. The van der Waals surface area contributed by atoms with Gasteiger partial charge in [0.25, 0.3) is 5.91 Å². The number of nitrogens with one attached hydrogen (secondary N) is 2. The molecule has 2 aromatic rings. The predicted octanol–water partition coefficient (Wildman–Crippen LogP) is 1.78. The summed E-state index contributed by atoms with van der Waals surface area (Å²) in [4.78, 5) is 15.0. The van der Waals surface area contributed by atoms with Gasteiger partial charge in [0.1, 0.15) is 6.04 Å². The first kappa shape index (κ1) is 14.3. The Bertz CT molecular complexity index is 568. The third-order valence-electron chi connectivity index (χ3n) is 4.09. The maximum absolute atomic E-state index is 12.2. The fourth-order valence-electron chi connectivity index (χ4n) is 3.02. The van der Waals surface area contributed by atoms with Crippen molar-refractivity contribution in [2.75, 3.05) is 13.1 Å². The van der Waals surface area contributed by atoms with E-state index in [-0.39, 0.29) is 5.91 Å². The lowest BCUT2D eigenvalue weighted by molar-refractivity contribution is -0.910. The van der Waals surface area contributed by atoms with Crippen LogP contribution < -0.4 is 10.2 Å². The Balaban J connectivity index is 1.52. The van der Waals surface area contributed by atoms with E-state index >= 15 is 0 Å². The number of carbonyl (C=O) groups is 1. The zero-order chi connectivity index (χ0) is 14.5. The van der Waals surface area contributed by atoms with Crippen molar-refractivity contribution in [3.05, 3.63) is 58.3 Å². The highest BCUT2D eigenvalue weighted by Gasteiger charge is 2.31. The molecule has 3 nitrogen and oxygen atoms in total. The van der Waals surface area contributed by atoms with Crippen molar-refractivity contribution in [1.29, 1.82) is 0 Å². The van der Waals surface area contributed by atoms with Gasteiger partial charge >= 0.3 is 0 Å². The number of hydrogen-bond donors (Lipinski definition) is 2. The van der Waals surface area contributed by atoms with Gasteiger partial charge in [-0.2, -0.15) is 0 Å². The van der Waals surface area contributed by atoms with Crippen LogP contribution in [0, 0.1) is 0 Å². The summed E-state index contributed by atoms with van der Waals surface area (Å²) >= 11 is 1.81. The van der Waals surface area contributed by atoms with Gasteiger partial charge in [0, 0.05) is 19.4 Å². The van der Waals surface area contributed by atoms with Crippen molar-refractivity contribution >= 4 is 17.2 Å². The monoisotopic (exact) mass is 301 g/mol. The lowest BCUT2D eigenvalue weighted by Gasteiger charge is -2.20. The predicted molar refractivity (Wildman–Crippen MR) is 85.3 cm³/mol. The molecule has 1 aromatic heterocycles. The molecule has 0 saturated carbocycles. The summed E-state index contributed by atoms with van der Waals surface area (Å²) < 4.78 is 0. The standard InChI is InChI=1S/C17H20N2OS/c20-17(18-12-14-6-2-1-3-7-14)13-19-10-4-8-15(19)16-9-5-11-21-16/h1-3,5-7,9,11,15H,4,8,10,12-13H2,(H,18,20)/p+1/t15-/m0/s1. The highest BCUT2D eigenvalue weighted by atomic mass is 32.1. The maximum atomic E-state index is 12.2. The minimum Gasteiger partial charge on any atom is -0.347 e. The molecule has 0 spiro atoms. The van der Waals surface area contributed by atoms with Crippen molar-refractivity contribution in [2.24, 2.45) is 0 Å². The molecule has 1 aromatic carbocycles. The Kier molecular flexibility index (Phi) is 4.68. The molecule has 1 aliphatic rings. The molecular weight excluding hydrogens is 280 g/mol. The van der Waals surface area contributed by atoms with E-state index < -0.39 is 0 Å². The average molecular weight is 301 g/mol.